The van der Waals surface area contributed by atoms with Crippen LogP contribution in [-0.2, 0) is 14.8 Å². The van der Waals surface area contributed by atoms with Gasteiger partial charge in [0.1, 0.15) is 11.8 Å². The first-order chi connectivity index (χ1) is 9.46. The number of carboxylic acid groups (broad SMARTS) is 1. The molecule has 1 unspecified atom stereocenters. The molecule has 1 heterocycles. The molecule has 7 heteroatoms. The number of aliphatic carboxylic acids is 1. The zero-order valence-corrected chi connectivity index (χ0v) is 12.0. The van der Waals surface area contributed by atoms with Gasteiger partial charge >= 0.3 is 5.97 Å². The van der Waals surface area contributed by atoms with Gasteiger partial charge in [-0.05, 0) is 44.0 Å². The largest absolute Gasteiger partial charge is 0.494 e. The fourth-order valence-electron chi connectivity index (χ4n) is 2.28. The van der Waals surface area contributed by atoms with Crippen molar-refractivity contribution in [3.63, 3.8) is 0 Å². The minimum atomic E-state index is -3.77. The minimum absolute atomic E-state index is 0.0918. The van der Waals surface area contributed by atoms with Gasteiger partial charge in [0.2, 0.25) is 10.0 Å². The smallest absolute Gasteiger partial charge is 0.322 e. The Balaban J connectivity index is 2.27. The molecule has 1 atom stereocenters. The Morgan fingerprint density at radius 3 is 2.60 bits per heavy atom. The van der Waals surface area contributed by atoms with Gasteiger partial charge in [-0.2, -0.15) is 4.31 Å². The summed E-state index contributed by atoms with van der Waals surface area (Å²) in [7, 11) is -3.77. The zero-order chi connectivity index (χ0) is 14.8. The number of benzene rings is 1. The maximum Gasteiger partial charge on any atom is 0.322 e. The maximum absolute atomic E-state index is 12.4. The highest BCUT2D eigenvalue weighted by molar-refractivity contribution is 7.89. The molecular weight excluding hydrogens is 282 g/mol. The number of sulfonamides is 1. The summed E-state index contributed by atoms with van der Waals surface area (Å²) in [6.07, 6.45) is 0.915. The topological polar surface area (TPSA) is 83.9 Å². The van der Waals surface area contributed by atoms with Crippen molar-refractivity contribution in [2.75, 3.05) is 13.2 Å². The first-order valence-corrected chi connectivity index (χ1v) is 7.88. The fourth-order valence-corrected chi connectivity index (χ4v) is 3.94. The lowest BCUT2D eigenvalue weighted by Gasteiger charge is -2.21. The Morgan fingerprint density at radius 1 is 1.40 bits per heavy atom. The minimum Gasteiger partial charge on any atom is -0.494 e. The van der Waals surface area contributed by atoms with E-state index in [9.17, 15) is 13.2 Å². The van der Waals surface area contributed by atoms with Crippen LogP contribution >= 0.6 is 0 Å². The van der Waals surface area contributed by atoms with Gasteiger partial charge in [-0.25, -0.2) is 8.42 Å². The van der Waals surface area contributed by atoms with Crippen LogP contribution in [0.4, 0.5) is 0 Å². The Labute approximate surface area is 118 Å². The van der Waals surface area contributed by atoms with Gasteiger partial charge in [-0.3, -0.25) is 4.79 Å². The van der Waals surface area contributed by atoms with Gasteiger partial charge in [0.15, 0.2) is 0 Å². The summed E-state index contributed by atoms with van der Waals surface area (Å²) in [5, 5.41) is 9.08. The van der Waals surface area contributed by atoms with Crippen molar-refractivity contribution in [2.24, 2.45) is 0 Å². The Hall–Kier alpha value is -1.60. The normalized spacial score (nSPS) is 19.9. The van der Waals surface area contributed by atoms with E-state index < -0.39 is 22.0 Å². The van der Waals surface area contributed by atoms with E-state index in [1.807, 2.05) is 6.92 Å². The standard InChI is InChI=1S/C13H17NO5S/c1-2-19-10-5-7-11(8-6-10)20(17,18)14-9-3-4-12(14)13(15)16/h5-8,12H,2-4,9H2,1H3,(H,15,16). The number of carbonyl (C=O) groups is 1. The van der Waals surface area contributed by atoms with Gasteiger partial charge in [-0.15, -0.1) is 0 Å². The average Bonchev–Trinajstić information content (AvgIpc) is 2.90. The quantitative estimate of drug-likeness (QED) is 0.886. The van der Waals surface area contributed by atoms with E-state index in [1.165, 1.54) is 12.1 Å². The van der Waals surface area contributed by atoms with Crippen LogP contribution in [0.15, 0.2) is 29.2 Å². The molecule has 1 aromatic carbocycles. The zero-order valence-electron chi connectivity index (χ0n) is 11.2. The fraction of sp³-hybridized carbons (Fsp3) is 0.462. The van der Waals surface area contributed by atoms with E-state index in [-0.39, 0.29) is 11.4 Å². The van der Waals surface area contributed by atoms with Crippen LogP contribution < -0.4 is 4.74 Å². The van der Waals surface area contributed by atoms with Crippen LogP contribution in [0.1, 0.15) is 19.8 Å². The molecule has 1 saturated heterocycles. The molecule has 0 radical (unpaired) electrons. The molecule has 0 bridgehead atoms. The van der Waals surface area contributed by atoms with E-state index >= 15 is 0 Å². The third-order valence-corrected chi connectivity index (χ3v) is 5.15. The van der Waals surface area contributed by atoms with Crippen LogP contribution in [0.5, 0.6) is 5.75 Å². The van der Waals surface area contributed by atoms with Crippen LogP contribution in [-0.4, -0.2) is 43.0 Å². The number of ether oxygens (including phenoxy) is 1. The third kappa shape index (κ3) is 2.78. The second-order valence-electron chi connectivity index (χ2n) is 4.52. The molecule has 0 saturated carbocycles. The molecule has 6 nitrogen and oxygen atoms in total. The Bertz CT molecular complexity index is 581. The van der Waals surface area contributed by atoms with Crippen molar-refractivity contribution in [3.05, 3.63) is 24.3 Å². The predicted octanol–water partition coefficient (Wildman–Crippen LogP) is 1.32. The van der Waals surface area contributed by atoms with Crippen LogP contribution in [0.3, 0.4) is 0 Å². The van der Waals surface area contributed by atoms with Crippen molar-refractivity contribution in [3.8, 4) is 5.75 Å². The van der Waals surface area contributed by atoms with Crippen LogP contribution in [0.2, 0.25) is 0 Å². The van der Waals surface area contributed by atoms with Crippen LogP contribution in [0.25, 0.3) is 0 Å². The maximum atomic E-state index is 12.4. The Morgan fingerprint density at radius 2 is 2.05 bits per heavy atom. The summed E-state index contributed by atoms with van der Waals surface area (Å²) in [5.41, 5.74) is 0. The molecular formula is C13H17NO5S. The molecule has 1 aliphatic heterocycles. The van der Waals surface area contributed by atoms with E-state index in [0.29, 0.717) is 25.2 Å². The van der Waals surface area contributed by atoms with Crippen molar-refractivity contribution >= 4 is 16.0 Å². The van der Waals surface area contributed by atoms with Gasteiger partial charge in [0.25, 0.3) is 0 Å². The second-order valence-corrected chi connectivity index (χ2v) is 6.41. The molecule has 1 fully saturated rings. The SMILES string of the molecule is CCOc1ccc(S(=O)(=O)N2CCCC2C(=O)O)cc1. The van der Waals surface area contributed by atoms with Crippen molar-refractivity contribution in [1.82, 2.24) is 4.31 Å². The monoisotopic (exact) mass is 299 g/mol. The average molecular weight is 299 g/mol. The van der Waals surface area contributed by atoms with E-state index in [1.54, 1.807) is 12.1 Å². The summed E-state index contributed by atoms with van der Waals surface area (Å²) in [5.74, 6) is -0.514. The van der Waals surface area contributed by atoms with Gasteiger partial charge in [0, 0.05) is 6.54 Å². The number of hydrogen-bond acceptors (Lipinski definition) is 4. The van der Waals surface area contributed by atoms with Gasteiger partial charge in [-0.1, -0.05) is 0 Å². The number of carboxylic acids is 1. The predicted molar refractivity (Wildman–Crippen MR) is 72.2 cm³/mol. The molecule has 0 amide bonds. The van der Waals surface area contributed by atoms with Gasteiger partial charge < -0.3 is 9.84 Å². The van der Waals surface area contributed by atoms with E-state index in [0.717, 1.165) is 4.31 Å². The van der Waals surface area contributed by atoms with Gasteiger partial charge in [0.05, 0.1) is 11.5 Å². The Kier molecular flexibility index (Phi) is 4.29. The first-order valence-electron chi connectivity index (χ1n) is 6.44. The summed E-state index contributed by atoms with van der Waals surface area (Å²) >= 11 is 0. The second kappa shape index (κ2) is 5.80. The highest BCUT2D eigenvalue weighted by Gasteiger charge is 2.39. The lowest BCUT2D eigenvalue weighted by Crippen LogP contribution is -2.40. The first kappa shape index (κ1) is 14.8. The van der Waals surface area contributed by atoms with E-state index in [2.05, 4.69) is 0 Å². The molecule has 20 heavy (non-hydrogen) atoms. The molecule has 2 rings (SSSR count). The molecule has 0 aromatic heterocycles. The molecule has 0 spiro atoms. The number of nitrogens with zero attached hydrogens (tertiary/aromatic N) is 1. The van der Waals surface area contributed by atoms with E-state index in [4.69, 9.17) is 9.84 Å². The molecule has 0 aliphatic carbocycles. The summed E-state index contributed by atoms with van der Waals surface area (Å²) in [4.78, 5) is 11.2. The van der Waals surface area contributed by atoms with Crippen molar-refractivity contribution in [2.45, 2.75) is 30.7 Å². The summed E-state index contributed by atoms with van der Waals surface area (Å²) < 4.78 is 31.2. The number of rotatable bonds is 5. The molecule has 1 N–H and O–H groups in total. The summed E-state index contributed by atoms with van der Waals surface area (Å²) in [6.45, 7) is 2.58. The lowest BCUT2D eigenvalue weighted by atomic mass is 10.2. The van der Waals surface area contributed by atoms with Crippen molar-refractivity contribution < 1.29 is 23.1 Å². The molecule has 110 valence electrons. The highest BCUT2D eigenvalue weighted by Crippen LogP contribution is 2.27. The lowest BCUT2D eigenvalue weighted by molar-refractivity contribution is -0.140. The third-order valence-electron chi connectivity index (χ3n) is 3.23. The molecule has 1 aliphatic rings. The molecule has 1 aromatic rings. The highest BCUT2D eigenvalue weighted by atomic mass is 32.2. The van der Waals surface area contributed by atoms with Crippen LogP contribution in [0, 0.1) is 0 Å². The number of hydrogen-bond donors (Lipinski definition) is 1. The summed E-state index contributed by atoms with van der Waals surface area (Å²) in [6, 6.07) is 5.06. The van der Waals surface area contributed by atoms with Crippen molar-refractivity contribution in [1.29, 1.82) is 0 Å².